The van der Waals surface area contributed by atoms with Gasteiger partial charge in [-0.1, -0.05) is 63.4 Å². The molecule has 1 aliphatic heterocycles. The number of fused-ring (bicyclic) bond motifs is 4. The molecule has 4 aromatic rings. The second-order valence-corrected chi connectivity index (χ2v) is 11.1. The van der Waals surface area contributed by atoms with Gasteiger partial charge in [0.05, 0.1) is 10.9 Å². The zero-order valence-corrected chi connectivity index (χ0v) is 22.9. The van der Waals surface area contributed by atoms with Crippen molar-refractivity contribution in [2.45, 2.75) is 84.5 Å². The molecule has 0 unspecified atom stereocenters. The smallest absolute Gasteiger partial charge is 0.257 e. The van der Waals surface area contributed by atoms with Crippen molar-refractivity contribution in [3.8, 4) is 11.8 Å². The Morgan fingerprint density at radius 3 is 2.49 bits per heavy atom. The van der Waals surface area contributed by atoms with Crippen LogP contribution in [0.25, 0.3) is 16.7 Å². The number of aromatic nitrogens is 4. The molecule has 2 aliphatic rings. The molecule has 5 nitrogen and oxygen atoms in total. The van der Waals surface area contributed by atoms with Crippen LogP contribution in [0.4, 0.5) is 20.3 Å². The Morgan fingerprint density at radius 1 is 0.949 bits per heavy atom. The summed E-state index contributed by atoms with van der Waals surface area (Å²) in [6, 6.07) is 8.89. The van der Waals surface area contributed by atoms with Gasteiger partial charge in [-0.05, 0) is 68.9 Å². The minimum absolute atomic E-state index is 0.0659. The van der Waals surface area contributed by atoms with Gasteiger partial charge in [0.2, 0.25) is 0 Å². The Bertz CT molecular complexity index is 1590. The number of nitrogens with zero attached hydrogens (tertiary/aromatic N) is 5. The topological polar surface area (TPSA) is 46.3 Å². The first kappa shape index (κ1) is 25.7. The summed E-state index contributed by atoms with van der Waals surface area (Å²) in [5.41, 5.74) is 3.70. The third-order valence-electron chi connectivity index (χ3n) is 8.76. The Kier molecular flexibility index (Phi) is 6.97. The summed E-state index contributed by atoms with van der Waals surface area (Å²) in [5.74, 6) is 6.88. The second kappa shape index (κ2) is 10.6. The van der Waals surface area contributed by atoms with Crippen LogP contribution in [0.15, 0.2) is 30.3 Å². The van der Waals surface area contributed by atoms with Crippen LogP contribution in [0.1, 0.15) is 88.1 Å². The van der Waals surface area contributed by atoms with Gasteiger partial charge in [-0.3, -0.25) is 4.40 Å². The van der Waals surface area contributed by atoms with Gasteiger partial charge in [-0.15, -0.1) is 10.2 Å². The predicted octanol–water partition coefficient (Wildman–Crippen LogP) is 7.83. The Balaban J connectivity index is 1.46. The zero-order valence-electron chi connectivity index (χ0n) is 22.9. The van der Waals surface area contributed by atoms with Crippen molar-refractivity contribution < 1.29 is 8.78 Å². The average molecular weight is 528 g/mol. The zero-order chi connectivity index (χ0) is 27.0. The molecule has 1 fully saturated rings. The fraction of sp³-hybridized carbons (Fsp3) is 0.469. The monoisotopic (exact) mass is 527 g/mol. The lowest BCUT2D eigenvalue weighted by Crippen LogP contribution is -2.27. The van der Waals surface area contributed by atoms with E-state index in [1.165, 1.54) is 38.5 Å². The van der Waals surface area contributed by atoms with E-state index in [9.17, 15) is 4.39 Å². The van der Waals surface area contributed by atoms with Crippen molar-refractivity contribution in [1.29, 1.82) is 0 Å². The molecule has 2 aromatic heterocycles. The van der Waals surface area contributed by atoms with Crippen LogP contribution in [-0.2, 0) is 6.42 Å². The molecule has 0 amide bonds. The molecule has 1 saturated carbocycles. The van der Waals surface area contributed by atoms with Crippen LogP contribution in [-0.4, -0.2) is 26.1 Å². The number of hydrogen-bond acceptors (Lipinski definition) is 4. The van der Waals surface area contributed by atoms with Gasteiger partial charge in [0.15, 0.2) is 11.6 Å². The standard InChI is InChI=1S/C32H35F2N5/c1-3-32(18-8-6-4-5-7-9-19-32)20-17-23-12-10-14-26-24(23)13-11-21-38(26)30-28-27(16-15-25(33)29(28)34)39-22(2)36-37-31(39)35-30/h10,12,14-16H,3-9,11,13,18-19,21H2,1-2H3. The SMILES string of the molecule is CCC1(C#Cc2cccc3c2CCCN3c2nc3nnc(C)n3c3ccc(F)c(F)c23)CCCCCCCC1. The molecule has 0 saturated heterocycles. The van der Waals surface area contributed by atoms with E-state index in [4.69, 9.17) is 4.98 Å². The lowest BCUT2D eigenvalue weighted by Gasteiger charge is -2.32. The highest BCUT2D eigenvalue weighted by Gasteiger charge is 2.28. The molecule has 0 radical (unpaired) electrons. The van der Waals surface area contributed by atoms with E-state index in [1.54, 1.807) is 17.4 Å². The van der Waals surface area contributed by atoms with Gasteiger partial charge in [0.25, 0.3) is 5.78 Å². The van der Waals surface area contributed by atoms with E-state index >= 15 is 4.39 Å². The van der Waals surface area contributed by atoms with Crippen molar-refractivity contribution in [2.24, 2.45) is 5.41 Å². The number of anilines is 2. The number of benzene rings is 2. The maximum atomic E-state index is 15.4. The van der Waals surface area contributed by atoms with Crippen molar-refractivity contribution in [1.82, 2.24) is 19.6 Å². The third-order valence-corrected chi connectivity index (χ3v) is 8.76. The van der Waals surface area contributed by atoms with Crippen LogP contribution >= 0.6 is 0 Å². The van der Waals surface area contributed by atoms with Gasteiger partial charge in [0, 0.05) is 23.2 Å². The van der Waals surface area contributed by atoms with Crippen molar-refractivity contribution in [2.75, 3.05) is 11.4 Å². The van der Waals surface area contributed by atoms with Gasteiger partial charge < -0.3 is 4.90 Å². The summed E-state index contributed by atoms with van der Waals surface area (Å²) >= 11 is 0. The van der Waals surface area contributed by atoms with E-state index < -0.39 is 11.6 Å². The minimum Gasteiger partial charge on any atom is -0.325 e. The minimum atomic E-state index is -0.904. The first-order valence-corrected chi connectivity index (χ1v) is 14.4. The number of aryl methyl sites for hydroxylation is 1. The van der Waals surface area contributed by atoms with E-state index in [0.717, 1.165) is 55.0 Å². The Labute approximate surface area is 228 Å². The van der Waals surface area contributed by atoms with Crippen LogP contribution in [0.3, 0.4) is 0 Å². The molecule has 7 heteroatoms. The van der Waals surface area contributed by atoms with Crippen molar-refractivity contribution >= 4 is 28.2 Å². The molecule has 3 heterocycles. The molecule has 2 aromatic carbocycles. The molecule has 0 spiro atoms. The molecular formula is C32H35F2N5. The molecule has 202 valence electrons. The van der Waals surface area contributed by atoms with Gasteiger partial charge in [0.1, 0.15) is 11.6 Å². The van der Waals surface area contributed by atoms with E-state index in [-0.39, 0.29) is 10.8 Å². The van der Waals surface area contributed by atoms with Crippen LogP contribution in [0.2, 0.25) is 0 Å². The van der Waals surface area contributed by atoms with Gasteiger partial charge in [-0.25, -0.2) is 8.78 Å². The van der Waals surface area contributed by atoms with Gasteiger partial charge >= 0.3 is 0 Å². The highest BCUT2D eigenvalue weighted by atomic mass is 19.2. The second-order valence-electron chi connectivity index (χ2n) is 11.1. The lowest BCUT2D eigenvalue weighted by molar-refractivity contribution is 0.312. The fourth-order valence-electron chi connectivity index (χ4n) is 6.48. The Morgan fingerprint density at radius 2 is 1.72 bits per heavy atom. The van der Waals surface area contributed by atoms with Crippen molar-refractivity contribution in [3.63, 3.8) is 0 Å². The molecule has 39 heavy (non-hydrogen) atoms. The highest BCUT2D eigenvalue weighted by molar-refractivity contribution is 5.94. The van der Waals surface area contributed by atoms with Crippen LogP contribution in [0.5, 0.6) is 0 Å². The summed E-state index contributed by atoms with van der Waals surface area (Å²) in [5, 5.41) is 8.49. The number of halogens is 2. The quantitative estimate of drug-likeness (QED) is 0.249. The summed E-state index contributed by atoms with van der Waals surface area (Å²) in [7, 11) is 0. The molecule has 0 N–H and O–H groups in total. The third kappa shape index (κ3) is 4.64. The number of hydrogen-bond donors (Lipinski definition) is 0. The van der Waals surface area contributed by atoms with E-state index in [0.29, 0.717) is 29.5 Å². The molecule has 0 bridgehead atoms. The largest absolute Gasteiger partial charge is 0.325 e. The normalized spacial score (nSPS) is 17.7. The lowest BCUT2D eigenvalue weighted by atomic mass is 9.76. The first-order chi connectivity index (χ1) is 19.0. The molecular weight excluding hydrogens is 492 g/mol. The summed E-state index contributed by atoms with van der Waals surface area (Å²) < 4.78 is 31.6. The summed E-state index contributed by atoms with van der Waals surface area (Å²) in [6.07, 6.45) is 12.9. The molecule has 1 aliphatic carbocycles. The van der Waals surface area contributed by atoms with Crippen molar-refractivity contribution in [3.05, 3.63) is 58.9 Å². The maximum absolute atomic E-state index is 15.4. The Hall–Kier alpha value is -3.53. The maximum Gasteiger partial charge on any atom is 0.257 e. The predicted molar refractivity (Wildman–Crippen MR) is 151 cm³/mol. The van der Waals surface area contributed by atoms with Gasteiger partial charge in [-0.2, -0.15) is 4.98 Å². The summed E-state index contributed by atoms with van der Waals surface area (Å²) in [4.78, 5) is 6.73. The van der Waals surface area contributed by atoms with E-state index in [1.807, 2.05) is 17.0 Å². The van der Waals surface area contributed by atoms with Crippen LogP contribution < -0.4 is 4.90 Å². The average Bonchev–Trinajstić information content (AvgIpc) is 3.38. The fourth-order valence-corrected chi connectivity index (χ4v) is 6.48. The van der Waals surface area contributed by atoms with E-state index in [2.05, 4.69) is 35.0 Å². The number of rotatable bonds is 2. The summed E-state index contributed by atoms with van der Waals surface area (Å²) in [6.45, 7) is 4.70. The first-order valence-electron chi connectivity index (χ1n) is 14.4. The molecule has 0 atom stereocenters. The van der Waals surface area contributed by atoms with Crippen LogP contribution in [0, 0.1) is 35.8 Å². The molecule has 6 rings (SSSR count). The highest BCUT2D eigenvalue weighted by Crippen LogP contribution is 2.40.